The lowest BCUT2D eigenvalue weighted by Crippen LogP contribution is -2.24. The van der Waals surface area contributed by atoms with Gasteiger partial charge in [0.1, 0.15) is 12.4 Å². The molecule has 8 heteroatoms. The van der Waals surface area contributed by atoms with Crippen LogP contribution in [0.2, 0.25) is 0 Å². The second-order valence-corrected chi connectivity index (χ2v) is 7.46. The molecule has 0 bridgehead atoms. The Hall–Kier alpha value is -3.52. The summed E-state index contributed by atoms with van der Waals surface area (Å²) < 4.78 is 14.0. The van der Waals surface area contributed by atoms with E-state index < -0.39 is 16.6 Å². The van der Waals surface area contributed by atoms with Gasteiger partial charge in [-0.15, -0.1) is 0 Å². The number of allylic oxidation sites excluding steroid dienone is 1. The predicted molar refractivity (Wildman–Crippen MR) is 112 cm³/mol. The van der Waals surface area contributed by atoms with Gasteiger partial charge < -0.3 is 10.4 Å². The van der Waals surface area contributed by atoms with Gasteiger partial charge in [-0.1, -0.05) is 29.5 Å². The minimum atomic E-state index is -0.505. The Labute approximate surface area is 169 Å². The molecule has 0 saturated carbocycles. The fraction of sp³-hybridized carbons (Fsp3) is 0.0952. The van der Waals surface area contributed by atoms with Crippen molar-refractivity contribution in [2.24, 2.45) is 4.99 Å². The fourth-order valence-corrected chi connectivity index (χ4v) is 3.90. The number of carbonyl (C=O) groups is 1. The Morgan fingerprint density at radius 1 is 1.24 bits per heavy atom. The number of anilines is 1. The van der Waals surface area contributed by atoms with Crippen molar-refractivity contribution in [1.82, 2.24) is 4.57 Å². The lowest BCUT2D eigenvalue weighted by molar-refractivity contribution is -0.116. The van der Waals surface area contributed by atoms with E-state index in [1.165, 1.54) is 24.3 Å². The minimum Gasteiger partial charge on any atom is -0.493 e. The fourth-order valence-electron chi connectivity index (χ4n) is 3.07. The van der Waals surface area contributed by atoms with Crippen LogP contribution in [0.3, 0.4) is 0 Å². The summed E-state index contributed by atoms with van der Waals surface area (Å²) in [5, 5.41) is 13.1. The number of amides is 1. The Morgan fingerprint density at radius 2 is 1.97 bits per heavy atom. The van der Waals surface area contributed by atoms with Crippen molar-refractivity contribution in [2.75, 3.05) is 5.32 Å². The molecular weight excluding hydrogens is 393 g/mol. The van der Waals surface area contributed by atoms with Crippen LogP contribution in [0.25, 0.3) is 11.6 Å². The van der Waals surface area contributed by atoms with Gasteiger partial charge >= 0.3 is 4.87 Å². The molecule has 1 aromatic heterocycles. The van der Waals surface area contributed by atoms with E-state index in [0.29, 0.717) is 10.6 Å². The normalized spacial score (nSPS) is 14.0. The summed E-state index contributed by atoms with van der Waals surface area (Å²) in [4.78, 5) is 28.9. The van der Waals surface area contributed by atoms with E-state index in [1.54, 1.807) is 6.08 Å². The quantitative estimate of drug-likeness (QED) is 0.682. The van der Waals surface area contributed by atoms with E-state index in [1.807, 2.05) is 31.2 Å². The molecule has 1 aliphatic heterocycles. The van der Waals surface area contributed by atoms with E-state index in [2.05, 4.69) is 10.3 Å². The molecule has 2 aromatic carbocycles. The van der Waals surface area contributed by atoms with Gasteiger partial charge in [-0.05, 0) is 43.3 Å². The predicted octanol–water partition coefficient (Wildman–Crippen LogP) is 4.04. The number of fused-ring (bicyclic) bond motifs is 1. The van der Waals surface area contributed by atoms with Crippen molar-refractivity contribution in [3.05, 3.63) is 74.5 Å². The van der Waals surface area contributed by atoms with E-state index in [9.17, 15) is 19.1 Å². The summed E-state index contributed by atoms with van der Waals surface area (Å²) in [7, 11) is 0. The first kappa shape index (κ1) is 18.8. The van der Waals surface area contributed by atoms with E-state index in [0.717, 1.165) is 38.4 Å². The molecule has 0 aliphatic carbocycles. The molecule has 29 heavy (non-hydrogen) atoms. The van der Waals surface area contributed by atoms with Gasteiger partial charge in [0.25, 0.3) is 0 Å². The average Bonchev–Trinajstić information content (AvgIpc) is 3.15. The number of nitrogens with zero attached hydrogens (tertiary/aromatic N) is 2. The topological polar surface area (TPSA) is 83.7 Å². The van der Waals surface area contributed by atoms with Crippen molar-refractivity contribution in [3.8, 4) is 5.88 Å². The zero-order valence-corrected chi connectivity index (χ0v) is 16.2. The van der Waals surface area contributed by atoms with E-state index in [-0.39, 0.29) is 12.4 Å². The van der Waals surface area contributed by atoms with Gasteiger partial charge in [-0.25, -0.2) is 4.39 Å². The van der Waals surface area contributed by atoms with Crippen molar-refractivity contribution in [3.63, 3.8) is 0 Å². The second kappa shape index (κ2) is 7.48. The Morgan fingerprint density at radius 3 is 2.72 bits per heavy atom. The van der Waals surface area contributed by atoms with Gasteiger partial charge in [-0.2, -0.15) is 0 Å². The molecule has 146 valence electrons. The molecular formula is C21H16FN3O3S. The lowest BCUT2D eigenvalue weighted by atomic mass is 10.0. The van der Waals surface area contributed by atoms with Crippen molar-refractivity contribution in [2.45, 2.75) is 13.5 Å². The van der Waals surface area contributed by atoms with Crippen LogP contribution >= 0.6 is 11.3 Å². The first-order chi connectivity index (χ1) is 13.9. The molecule has 2 heterocycles. The molecule has 4 rings (SSSR count). The van der Waals surface area contributed by atoms with Crippen molar-refractivity contribution in [1.29, 1.82) is 0 Å². The summed E-state index contributed by atoms with van der Waals surface area (Å²) in [5.41, 5.74) is 3.76. The van der Waals surface area contributed by atoms with Crippen LogP contribution < -0.4 is 10.2 Å². The van der Waals surface area contributed by atoms with Crippen LogP contribution in [-0.2, 0) is 11.3 Å². The maximum atomic E-state index is 13.0. The summed E-state index contributed by atoms with van der Waals surface area (Å²) in [6.45, 7) is 1.50. The molecule has 0 atom stereocenters. The van der Waals surface area contributed by atoms with Crippen LogP contribution in [0.5, 0.6) is 5.88 Å². The third-order valence-electron chi connectivity index (χ3n) is 4.47. The molecule has 1 aliphatic rings. The number of carbonyl (C=O) groups excluding carboxylic acids is 1. The maximum Gasteiger partial charge on any atom is 0.311 e. The molecule has 0 unspecified atom stereocenters. The first-order valence-electron chi connectivity index (χ1n) is 8.77. The zero-order valence-electron chi connectivity index (χ0n) is 15.3. The SMILES string of the molecule is CC1=Nc2ccccc2C1=Cc1sc(=O)n(CC(=O)Nc2ccc(F)cc2)c1O. The highest BCUT2D eigenvalue weighted by Crippen LogP contribution is 2.37. The molecule has 0 radical (unpaired) electrons. The van der Waals surface area contributed by atoms with Crippen LogP contribution in [0, 0.1) is 5.82 Å². The standard InChI is InChI=1S/C21H16FN3O3S/c1-12-16(15-4-2-3-5-17(15)23-12)10-18-20(27)25(21(28)29-18)11-19(26)24-14-8-6-13(22)7-9-14/h2-10,27H,11H2,1H3,(H,24,26). The molecule has 1 amide bonds. The number of hydrogen-bond donors (Lipinski definition) is 2. The van der Waals surface area contributed by atoms with Crippen molar-refractivity contribution < 1.29 is 14.3 Å². The lowest BCUT2D eigenvalue weighted by Gasteiger charge is -2.06. The highest BCUT2D eigenvalue weighted by atomic mass is 32.1. The Kier molecular flexibility index (Phi) is 4.85. The zero-order chi connectivity index (χ0) is 20.5. The summed E-state index contributed by atoms with van der Waals surface area (Å²) in [6.07, 6.45) is 1.71. The number of nitrogens with one attached hydrogen (secondary N) is 1. The maximum absolute atomic E-state index is 13.0. The molecule has 0 saturated heterocycles. The molecule has 0 spiro atoms. The van der Waals surface area contributed by atoms with Crippen LogP contribution in [0.4, 0.5) is 15.8 Å². The number of para-hydroxylation sites is 1. The molecule has 3 aromatic rings. The molecule has 2 N–H and O–H groups in total. The smallest absolute Gasteiger partial charge is 0.311 e. The van der Waals surface area contributed by atoms with Gasteiger partial charge in [0.2, 0.25) is 11.8 Å². The highest BCUT2D eigenvalue weighted by Gasteiger charge is 2.20. The Balaban J connectivity index is 1.59. The van der Waals surface area contributed by atoms with Crippen molar-refractivity contribution >= 4 is 46.0 Å². The monoisotopic (exact) mass is 409 g/mol. The van der Waals surface area contributed by atoms with E-state index in [4.69, 9.17) is 0 Å². The number of aromatic nitrogens is 1. The van der Waals surface area contributed by atoms with Gasteiger partial charge in [0.15, 0.2) is 0 Å². The number of hydrogen-bond acceptors (Lipinski definition) is 5. The van der Waals surface area contributed by atoms with Crippen LogP contribution in [-0.4, -0.2) is 21.3 Å². The number of halogens is 1. The Bertz CT molecular complexity index is 1220. The molecule has 0 fully saturated rings. The number of benzene rings is 2. The van der Waals surface area contributed by atoms with Gasteiger partial charge in [0.05, 0.1) is 10.6 Å². The number of aliphatic imine (C=N–C) groups is 1. The molecule has 6 nitrogen and oxygen atoms in total. The number of aromatic hydroxyl groups is 1. The number of thiazole rings is 1. The summed E-state index contributed by atoms with van der Waals surface area (Å²) in [6, 6.07) is 12.9. The van der Waals surface area contributed by atoms with Crippen LogP contribution in [0.15, 0.2) is 58.3 Å². The summed E-state index contributed by atoms with van der Waals surface area (Å²) >= 11 is 0.851. The van der Waals surface area contributed by atoms with E-state index >= 15 is 0 Å². The van der Waals surface area contributed by atoms with Gasteiger partial charge in [-0.3, -0.25) is 19.1 Å². The largest absolute Gasteiger partial charge is 0.493 e. The summed E-state index contributed by atoms with van der Waals surface area (Å²) in [5.74, 6) is -1.20. The van der Waals surface area contributed by atoms with Crippen LogP contribution in [0.1, 0.15) is 17.4 Å². The van der Waals surface area contributed by atoms with Gasteiger partial charge in [0, 0.05) is 22.5 Å². The number of rotatable bonds is 4. The average molecular weight is 409 g/mol. The third-order valence-corrected chi connectivity index (χ3v) is 5.39. The third kappa shape index (κ3) is 3.74. The second-order valence-electron chi connectivity index (χ2n) is 6.47. The first-order valence-corrected chi connectivity index (χ1v) is 9.59. The highest BCUT2D eigenvalue weighted by molar-refractivity contribution is 7.10. The minimum absolute atomic E-state index is 0.279.